The molecular formula is C8H11ClN2O3S. The quantitative estimate of drug-likeness (QED) is 0.793. The third kappa shape index (κ3) is 3.17. The van der Waals surface area contributed by atoms with Crippen molar-refractivity contribution in [3.63, 3.8) is 0 Å². The molecule has 84 valence electrons. The van der Waals surface area contributed by atoms with Gasteiger partial charge < -0.3 is 10.5 Å². The molecule has 0 aliphatic rings. The molecule has 0 atom stereocenters. The Morgan fingerprint density at radius 1 is 1.47 bits per heavy atom. The lowest BCUT2D eigenvalue weighted by Crippen LogP contribution is -2.11. The molecule has 0 spiro atoms. The van der Waals surface area contributed by atoms with Gasteiger partial charge in [0.25, 0.3) is 0 Å². The van der Waals surface area contributed by atoms with Crippen LogP contribution in [0.15, 0.2) is 12.1 Å². The number of halogens is 1. The lowest BCUT2D eigenvalue weighted by Gasteiger charge is -2.12. The van der Waals surface area contributed by atoms with Crippen LogP contribution in [0.5, 0.6) is 5.75 Å². The first-order valence-electron chi connectivity index (χ1n) is 3.94. The van der Waals surface area contributed by atoms with Gasteiger partial charge in [-0.15, -0.1) is 0 Å². The van der Waals surface area contributed by atoms with Crippen LogP contribution in [0.25, 0.3) is 0 Å². The van der Waals surface area contributed by atoms with Gasteiger partial charge in [0, 0.05) is 11.8 Å². The van der Waals surface area contributed by atoms with Gasteiger partial charge in [-0.2, -0.15) is 0 Å². The Bertz CT molecular complexity index is 473. The van der Waals surface area contributed by atoms with E-state index in [1.807, 2.05) is 0 Å². The van der Waals surface area contributed by atoms with Gasteiger partial charge in [0.05, 0.1) is 18.4 Å². The number of anilines is 2. The second-order valence-corrected chi connectivity index (χ2v) is 5.11. The maximum Gasteiger partial charge on any atom is 0.229 e. The van der Waals surface area contributed by atoms with Crippen LogP contribution in [0.4, 0.5) is 11.4 Å². The van der Waals surface area contributed by atoms with Crippen molar-refractivity contribution in [2.45, 2.75) is 0 Å². The highest BCUT2D eigenvalue weighted by atomic mass is 35.5. The topological polar surface area (TPSA) is 81.4 Å². The molecule has 0 aromatic heterocycles. The zero-order valence-corrected chi connectivity index (χ0v) is 9.82. The molecule has 5 nitrogen and oxygen atoms in total. The summed E-state index contributed by atoms with van der Waals surface area (Å²) in [6, 6.07) is 2.93. The van der Waals surface area contributed by atoms with Crippen molar-refractivity contribution in [2.24, 2.45) is 0 Å². The van der Waals surface area contributed by atoms with E-state index in [2.05, 4.69) is 4.72 Å². The molecule has 7 heteroatoms. The van der Waals surface area contributed by atoms with E-state index < -0.39 is 10.0 Å². The van der Waals surface area contributed by atoms with Gasteiger partial charge in [0.2, 0.25) is 10.0 Å². The van der Waals surface area contributed by atoms with Gasteiger partial charge in [0.1, 0.15) is 11.4 Å². The number of rotatable bonds is 3. The molecule has 0 heterocycles. The minimum Gasteiger partial charge on any atom is -0.494 e. The van der Waals surface area contributed by atoms with E-state index >= 15 is 0 Å². The average Bonchev–Trinajstić information content (AvgIpc) is 2.07. The van der Waals surface area contributed by atoms with Crippen molar-refractivity contribution in [1.82, 2.24) is 0 Å². The van der Waals surface area contributed by atoms with Crippen LogP contribution in [0.3, 0.4) is 0 Å². The first-order valence-corrected chi connectivity index (χ1v) is 6.21. The lowest BCUT2D eigenvalue weighted by atomic mass is 10.2. The molecule has 0 aliphatic carbocycles. The third-order valence-electron chi connectivity index (χ3n) is 1.58. The zero-order valence-electron chi connectivity index (χ0n) is 8.24. The molecule has 15 heavy (non-hydrogen) atoms. The summed E-state index contributed by atoms with van der Waals surface area (Å²) in [6.07, 6.45) is 1.03. The molecule has 1 aromatic rings. The summed E-state index contributed by atoms with van der Waals surface area (Å²) in [5.41, 5.74) is 6.12. The molecule has 0 aliphatic heterocycles. The van der Waals surface area contributed by atoms with E-state index in [0.717, 1.165) is 6.26 Å². The van der Waals surface area contributed by atoms with E-state index in [4.69, 9.17) is 22.1 Å². The van der Waals surface area contributed by atoms with Gasteiger partial charge in [-0.1, -0.05) is 11.6 Å². The fourth-order valence-corrected chi connectivity index (χ4v) is 1.95. The summed E-state index contributed by atoms with van der Waals surface area (Å²) in [5, 5.41) is 0.192. The predicted octanol–water partition coefficient (Wildman–Crippen LogP) is 1.30. The number of benzene rings is 1. The van der Waals surface area contributed by atoms with Gasteiger partial charge >= 0.3 is 0 Å². The number of nitrogens with two attached hydrogens (primary N) is 1. The number of hydrogen-bond donors (Lipinski definition) is 2. The van der Waals surface area contributed by atoms with Crippen molar-refractivity contribution in [3.05, 3.63) is 17.2 Å². The monoisotopic (exact) mass is 250 g/mol. The van der Waals surface area contributed by atoms with E-state index in [1.165, 1.54) is 19.2 Å². The summed E-state index contributed by atoms with van der Waals surface area (Å²) >= 11 is 5.83. The molecule has 0 saturated heterocycles. The summed E-state index contributed by atoms with van der Waals surface area (Å²) in [5.74, 6) is 0.283. The van der Waals surface area contributed by atoms with Crippen LogP contribution in [0.2, 0.25) is 5.02 Å². The fraction of sp³-hybridized carbons (Fsp3) is 0.250. The van der Waals surface area contributed by atoms with Crippen molar-refractivity contribution < 1.29 is 13.2 Å². The van der Waals surface area contributed by atoms with Crippen LogP contribution < -0.4 is 15.2 Å². The van der Waals surface area contributed by atoms with Gasteiger partial charge in [-0.3, -0.25) is 4.72 Å². The molecule has 1 aromatic carbocycles. The minimum absolute atomic E-state index is 0.191. The summed E-state index contributed by atoms with van der Waals surface area (Å²) < 4.78 is 29.3. The van der Waals surface area contributed by atoms with Crippen molar-refractivity contribution in [2.75, 3.05) is 23.8 Å². The standard InChI is InChI=1S/C8H11ClN2O3S/c1-14-7-4-5(10)3-6(9)8(7)11-15(2,12)13/h3-4,11H,10H2,1-2H3. The first kappa shape index (κ1) is 11.9. The van der Waals surface area contributed by atoms with Crippen LogP contribution in [-0.4, -0.2) is 21.8 Å². The van der Waals surface area contributed by atoms with Crippen LogP contribution in [0, 0.1) is 0 Å². The van der Waals surface area contributed by atoms with Crippen LogP contribution in [-0.2, 0) is 10.0 Å². The second kappa shape index (κ2) is 4.16. The molecule has 0 amide bonds. The van der Waals surface area contributed by atoms with E-state index in [1.54, 1.807) is 0 Å². The van der Waals surface area contributed by atoms with Gasteiger partial charge in [-0.05, 0) is 6.07 Å². The highest BCUT2D eigenvalue weighted by molar-refractivity contribution is 7.92. The molecule has 0 bridgehead atoms. The third-order valence-corrected chi connectivity index (χ3v) is 2.46. The van der Waals surface area contributed by atoms with Gasteiger partial charge in [0.15, 0.2) is 0 Å². The number of sulfonamides is 1. The molecule has 0 saturated carbocycles. The smallest absolute Gasteiger partial charge is 0.229 e. The number of methoxy groups -OCH3 is 1. The number of nitrogens with one attached hydrogen (secondary N) is 1. The Kier molecular flexibility index (Phi) is 3.31. The minimum atomic E-state index is -3.40. The Labute approximate surface area is 93.2 Å². The Hall–Kier alpha value is -1.14. The number of ether oxygens (including phenoxy) is 1. The Morgan fingerprint density at radius 3 is 2.53 bits per heavy atom. The zero-order chi connectivity index (χ0) is 11.6. The van der Waals surface area contributed by atoms with E-state index in [-0.39, 0.29) is 16.5 Å². The molecule has 1 rings (SSSR count). The lowest BCUT2D eigenvalue weighted by molar-refractivity contribution is 0.417. The van der Waals surface area contributed by atoms with Crippen LogP contribution >= 0.6 is 11.6 Å². The van der Waals surface area contributed by atoms with Crippen molar-refractivity contribution >= 4 is 33.0 Å². The molecule has 0 unspecified atom stereocenters. The summed E-state index contributed by atoms with van der Waals surface area (Å²) in [4.78, 5) is 0. The first-order chi connectivity index (χ1) is 6.83. The van der Waals surface area contributed by atoms with Gasteiger partial charge in [-0.25, -0.2) is 8.42 Å². The maximum atomic E-state index is 11.0. The normalized spacial score (nSPS) is 11.1. The summed E-state index contributed by atoms with van der Waals surface area (Å²) in [6.45, 7) is 0. The Morgan fingerprint density at radius 2 is 2.07 bits per heavy atom. The maximum absolute atomic E-state index is 11.0. The van der Waals surface area contributed by atoms with E-state index in [0.29, 0.717) is 5.69 Å². The largest absolute Gasteiger partial charge is 0.494 e. The highest BCUT2D eigenvalue weighted by Crippen LogP contribution is 2.35. The summed E-state index contributed by atoms with van der Waals surface area (Å²) in [7, 11) is -2.00. The highest BCUT2D eigenvalue weighted by Gasteiger charge is 2.13. The molecular weight excluding hydrogens is 240 g/mol. The average molecular weight is 251 g/mol. The predicted molar refractivity (Wildman–Crippen MR) is 60.9 cm³/mol. The number of hydrogen-bond acceptors (Lipinski definition) is 4. The SMILES string of the molecule is COc1cc(N)cc(Cl)c1NS(C)(=O)=O. The van der Waals surface area contributed by atoms with Crippen molar-refractivity contribution in [3.8, 4) is 5.75 Å². The fourth-order valence-electron chi connectivity index (χ4n) is 1.05. The number of nitrogen functional groups attached to an aromatic ring is 1. The second-order valence-electron chi connectivity index (χ2n) is 2.95. The van der Waals surface area contributed by atoms with Crippen molar-refractivity contribution in [1.29, 1.82) is 0 Å². The molecule has 0 radical (unpaired) electrons. The molecule has 3 N–H and O–H groups in total. The Balaban J connectivity index is 3.27. The van der Waals surface area contributed by atoms with E-state index in [9.17, 15) is 8.42 Å². The van der Waals surface area contributed by atoms with Crippen LogP contribution in [0.1, 0.15) is 0 Å². The molecule has 0 fully saturated rings.